The first-order valence-corrected chi connectivity index (χ1v) is 5.88. The van der Waals surface area contributed by atoms with Crippen LogP contribution in [-0.2, 0) is 6.42 Å². The van der Waals surface area contributed by atoms with Gasteiger partial charge in [-0.1, -0.05) is 0 Å². The normalized spacial score (nSPS) is 13.9. The van der Waals surface area contributed by atoms with E-state index in [1.54, 1.807) is 6.20 Å². The van der Waals surface area contributed by atoms with Crippen molar-refractivity contribution in [1.82, 2.24) is 9.97 Å². The first-order valence-electron chi connectivity index (χ1n) is 5.88. The molecule has 0 atom stereocenters. The molecule has 17 heavy (non-hydrogen) atoms. The van der Waals surface area contributed by atoms with Crippen molar-refractivity contribution in [2.24, 2.45) is 0 Å². The summed E-state index contributed by atoms with van der Waals surface area (Å²) in [6.07, 6.45) is 5.80. The lowest BCUT2D eigenvalue weighted by Gasteiger charge is -2.17. The van der Waals surface area contributed by atoms with Crippen LogP contribution in [0.15, 0.2) is 30.6 Å². The summed E-state index contributed by atoms with van der Waals surface area (Å²) in [5.41, 5.74) is 4.25. The van der Waals surface area contributed by atoms with Crippen LogP contribution in [0.1, 0.15) is 17.7 Å². The predicted octanol–water partition coefficient (Wildman–Crippen LogP) is 2.78. The molecule has 3 nitrogen and oxygen atoms in total. The molecule has 1 aromatic carbocycles. The highest BCUT2D eigenvalue weighted by molar-refractivity contribution is 5.61. The van der Waals surface area contributed by atoms with E-state index in [1.165, 1.54) is 5.56 Å². The highest BCUT2D eigenvalue weighted by Gasteiger charge is 2.11. The quantitative estimate of drug-likeness (QED) is 0.750. The number of fused-ring (bicyclic) bond motifs is 1. The zero-order valence-electron chi connectivity index (χ0n) is 9.81. The highest BCUT2D eigenvalue weighted by Crippen LogP contribution is 2.28. The van der Waals surface area contributed by atoms with Gasteiger partial charge >= 0.3 is 0 Å². The van der Waals surface area contributed by atoms with E-state index in [2.05, 4.69) is 16.0 Å². The molecule has 0 spiro atoms. The third kappa shape index (κ3) is 2.00. The zero-order valence-corrected chi connectivity index (χ0v) is 9.81. The maximum atomic E-state index is 5.60. The van der Waals surface area contributed by atoms with Crippen LogP contribution in [-0.4, -0.2) is 16.6 Å². The Labute approximate surface area is 100 Å². The number of aromatic nitrogens is 2. The van der Waals surface area contributed by atoms with E-state index in [-0.39, 0.29) is 0 Å². The van der Waals surface area contributed by atoms with Crippen LogP contribution in [0.4, 0.5) is 0 Å². The predicted molar refractivity (Wildman–Crippen MR) is 66.0 cm³/mol. The minimum absolute atomic E-state index is 0.830. The van der Waals surface area contributed by atoms with Crippen molar-refractivity contribution >= 4 is 0 Å². The van der Waals surface area contributed by atoms with Crippen LogP contribution in [0, 0.1) is 6.92 Å². The van der Waals surface area contributed by atoms with Gasteiger partial charge in [0.15, 0.2) is 0 Å². The standard InChI is InChI=1S/C14H14N2O/c1-10-8-16-13(9-15-10)11-4-5-14-12(7-11)3-2-6-17-14/h4-5,7-9H,2-3,6H2,1H3. The molecule has 0 radical (unpaired) electrons. The summed E-state index contributed by atoms with van der Waals surface area (Å²) in [4.78, 5) is 8.67. The molecule has 2 heterocycles. The van der Waals surface area contributed by atoms with Gasteiger partial charge in [-0.3, -0.25) is 9.97 Å². The first kappa shape index (κ1) is 10.3. The number of rotatable bonds is 1. The Morgan fingerprint density at radius 3 is 2.94 bits per heavy atom. The fourth-order valence-electron chi connectivity index (χ4n) is 2.06. The van der Waals surface area contributed by atoms with Gasteiger partial charge in [-0.25, -0.2) is 0 Å². The Hall–Kier alpha value is -1.90. The van der Waals surface area contributed by atoms with Gasteiger partial charge in [0.2, 0.25) is 0 Å². The summed E-state index contributed by atoms with van der Waals surface area (Å²) in [5, 5.41) is 0. The Balaban J connectivity index is 2.01. The molecule has 1 aliphatic rings. The van der Waals surface area contributed by atoms with E-state index >= 15 is 0 Å². The number of ether oxygens (including phenoxy) is 1. The van der Waals surface area contributed by atoms with Crippen LogP contribution in [0.5, 0.6) is 5.75 Å². The first-order chi connectivity index (χ1) is 8.33. The molecule has 0 aliphatic carbocycles. The molecule has 3 rings (SSSR count). The summed E-state index contributed by atoms with van der Waals surface area (Å²) >= 11 is 0. The van der Waals surface area contributed by atoms with E-state index in [0.717, 1.165) is 42.1 Å². The maximum absolute atomic E-state index is 5.60. The lowest BCUT2D eigenvalue weighted by Crippen LogP contribution is -2.08. The third-order valence-corrected chi connectivity index (χ3v) is 2.99. The molecule has 0 N–H and O–H groups in total. The molecule has 0 amide bonds. The van der Waals surface area contributed by atoms with E-state index < -0.39 is 0 Å². The Bertz CT molecular complexity index is 534. The van der Waals surface area contributed by atoms with Crippen molar-refractivity contribution in [3.63, 3.8) is 0 Å². The minimum Gasteiger partial charge on any atom is -0.493 e. The van der Waals surface area contributed by atoms with Crippen molar-refractivity contribution in [2.45, 2.75) is 19.8 Å². The zero-order chi connectivity index (χ0) is 11.7. The van der Waals surface area contributed by atoms with Crippen molar-refractivity contribution in [2.75, 3.05) is 6.61 Å². The molecule has 2 aromatic rings. The average Bonchev–Trinajstić information content (AvgIpc) is 2.39. The van der Waals surface area contributed by atoms with Gasteiger partial charge in [-0.2, -0.15) is 0 Å². The van der Waals surface area contributed by atoms with Crippen LogP contribution >= 0.6 is 0 Å². The Morgan fingerprint density at radius 1 is 1.18 bits per heavy atom. The molecule has 0 saturated carbocycles. The van der Waals surface area contributed by atoms with Gasteiger partial charge in [-0.05, 0) is 43.5 Å². The van der Waals surface area contributed by atoms with Crippen molar-refractivity contribution in [3.05, 3.63) is 41.9 Å². The number of hydrogen-bond donors (Lipinski definition) is 0. The monoisotopic (exact) mass is 226 g/mol. The van der Waals surface area contributed by atoms with E-state index in [0.29, 0.717) is 0 Å². The number of hydrogen-bond acceptors (Lipinski definition) is 3. The van der Waals surface area contributed by atoms with Gasteiger partial charge in [0.05, 0.1) is 24.2 Å². The summed E-state index contributed by atoms with van der Waals surface area (Å²) in [7, 11) is 0. The highest BCUT2D eigenvalue weighted by atomic mass is 16.5. The second-order valence-corrected chi connectivity index (χ2v) is 4.32. The topological polar surface area (TPSA) is 35.0 Å². The van der Waals surface area contributed by atoms with Gasteiger partial charge in [0, 0.05) is 11.8 Å². The molecular formula is C14H14N2O. The fourth-order valence-corrected chi connectivity index (χ4v) is 2.06. The Kier molecular flexibility index (Phi) is 2.52. The molecule has 1 aromatic heterocycles. The third-order valence-electron chi connectivity index (χ3n) is 2.99. The summed E-state index contributed by atoms with van der Waals surface area (Å²) < 4.78 is 5.60. The van der Waals surface area contributed by atoms with Crippen molar-refractivity contribution < 1.29 is 4.74 Å². The number of nitrogens with zero attached hydrogens (tertiary/aromatic N) is 2. The van der Waals surface area contributed by atoms with Crippen LogP contribution in [0.2, 0.25) is 0 Å². The van der Waals surface area contributed by atoms with Gasteiger partial charge in [0.25, 0.3) is 0 Å². The minimum atomic E-state index is 0.830. The second kappa shape index (κ2) is 4.17. The molecule has 0 fully saturated rings. The van der Waals surface area contributed by atoms with Gasteiger partial charge in [0.1, 0.15) is 5.75 Å². The molecular weight excluding hydrogens is 212 g/mol. The average molecular weight is 226 g/mol. The largest absolute Gasteiger partial charge is 0.493 e. The molecule has 0 saturated heterocycles. The maximum Gasteiger partial charge on any atom is 0.122 e. The second-order valence-electron chi connectivity index (χ2n) is 4.32. The van der Waals surface area contributed by atoms with Crippen LogP contribution in [0.25, 0.3) is 11.3 Å². The molecule has 1 aliphatic heterocycles. The summed E-state index contributed by atoms with van der Waals surface area (Å²) in [6.45, 7) is 2.77. The molecule has 3 heteroatoms. The summed E-state index contributed by atoms with van der Waals surface area (Å²) in [6, 6.07) is 6.24. The smallest absolute Gasteiger partial charge is 0.122 e. The number of benzene rings is 1. The van der Waals surface area contributed by atoms with Gasteiger partial charge in [-0.15, -0.1) is 0 Å². The molecule has 0 unspecified atom stereocenters. The van der Waals surface area contributed by atoms with E-state index in [9.17, 15) is 0 Å². The van der Waals surface area contributed by atoms with Crippen molar-refractivity contribution in [3.8, 4) is 17.0 Å². The van der Waals surface area contributed by atoms with Crippen molar-refractivity contribution in [1.29, 1.82) is 0 Å². The fraction of sp³-hybridized carbons (Fsp3) is 0.286. The Morgan fingerprint density at radius 2 is 2.12 bits per heavy atom. The van der Waals surface area contributed by atoms with E-state index in [4.69, 9.17) is 4.74 Å². The number of aryl methyl sites for hydroxylation is 2. The lowest BCUT2D eigenvalue weighted by atomic mass is 10.0. The molecule has 86 valence electrons. The lowest BCUT2D eigenvalue weighted by molar-refractivity contribution is 0.288. The van der Waals surface area contributed by atoms with E-state index in [1.807, 2.05) is 25.3 Å². The molecule has 0 bridgehead atoms. The summed E-state index contributed by atoms with van der Waals surface area (Å²) in [5.74, 6) is 1.01. The van der Waals surface area contributed by atoms with Crippen LogP contribution in [0.3, 0.4) is 0 Å². The SMILES string of the molecule is Cc1cnc(-c2ccc3c(c2)CCCO3)cn1. The van der Waals surface area contributed by atoms with Gasteiger partial charge < -0.3 is 4.74 Å². The van der Waals surface area contributed by atoms with Crippen LogP contribution < -0.4 is 4.74 Å².